The molecule has 0 aliphatic carbocycles. The van der Waals surface area contributed by atoms with Crippen molar-refractivity contribution in [3.05, 3.63) is 46.8 Å². The van der Waals surface area contributed by atoms with E-state index in [1.54, 1.807) is 0 Å². The van der Waals surface area contributed by atoms with Crippen LogP contribution in [0.25, 0.3) is 22.9 Å². The Bertz CT molecular complexity index is 842. The van der Waals surface area contributed by atoms with Crippen molar-refractivity contribution in [2.24, 2.45) is 7.05 Å². The highest BCUT2D eigenvalue weighted by molar-refractivity contribution is 5.88. The Kier molecular flexibility index (Phi) is 3.41. The summed E-state index contributed by atoms with van der Waals surface area (Å²) < 4.78 is 7.75. The van der Waals surface area contributed by atoms with Crippen LogP contribution >= 0.6 is 0 Å². The molecule has 5 nitrogen and oxygen atoms in total. The van der Waals surface area contributed by atoms with Gasteiger partial charge >= 0.3 is 0 Å². The highest BCUT2D eigenvalue weighted by Crippen LogP contribution is 2.31. The summed E-state index contributed by atoms with van der Waals surface area (Å²) in [5, 5.41) is 8.23. The summed E-state index contributed by atoms with van der Waals surface area (Å²) in [6.45, 7) is 5.86. The Morgan fingerprint density at radius 1 is 1.00 bits per heavy atom. The summed E-state index contributed by atoms with van der Waals surface area (Å²) in [5.41, 5.74) is 5.15. The molecule has 2 heterocycles. The maximum atomic E-state index is 11.4. The van der Waals surface area contributed by atoms with Gasteiger partial charge in [-0.15, -0.1) is 10.2 Å². The van der Waals surface area contributed by atoms with E-state index in [2.05, 4.69) is 10.2 Å². The van der Waals surface area contributed by atoms with Crippen LogP contribution in [0.1, 0.15) is 27.3 Å². The molecule has 0 saturated heterocycles. The van der Waals surface area contributed by atoms with Crippen molar-refractivity contribution in [3.8, 4) is 22.9 Å². The Morgan fingerprint density at radius 3 is 2.27 bits per heavy atom. The molecule has 0 fully saturated rings. The summed E-state index contributed by atoms with van der Waals surface area (Å²) in [5.74, 6) is 0.826. The fourth-order valence-electron chi connectivity index (χ4n) is 2.53. The fraction of sp³-hybridized carbons (Fsp3) is 0.235. The van der Waals surface area contributed by atoms with Crippen molar-refractivity contribution >= 4 is 6.29 Å². The standard InChI is InChI=1S/C17H17N3O2/c1-10-5-7-13(8-6-10)16-18-19-17(22-16)15-12(3)20(4)11(2)14(15)9-21/h5-9H,1-4H3. The minimum Gasteiger partial charge on any atom is -0.416 e. The molecule has 0 aliphatic rings. The quantitative estimate of drug-likeness (QED) is 0.694. The fourth-order valence-corrected chi connectivity index (χ4v) is 2.53. The number of rotatable bonds is 3. The molecule has 3 aromatic rings. The lowest BCUT2D eigenvalue weighted by atomic mass is 10.1. The third-order valence-corrected chi connectivity index (χ3v) is 4.08. The van der Waals surface area contributed by atoms with E-state index in [4.69, 9.17) is 4.42 Å². The van der Waals surface area contributed by atoms with Crippen molar-refractivity contribution in [1.29, 1.82) is 0 Å². The van der Waals surface area contributed by atoms with Crippen LogP contribution in [0.4, 0.5) is 0 Å². The Balaban J connectivity index is 2.10. The minimum atomic E-state index is 0.374. The zero-order valence-electron chi connectivity index (χ0n) is 13.0. The van der Waals surface area contributed by atoms with E-state index < -0.39 is 0 Å². The molecule has 0 N–H and O–H groups in total. The second-order valence-electron chi connectivity index (χ2n) is 5.41. The lowest BCUT2D eigenvalue weighted by molar-refractivity contribution is 0.112. The third kappa shape index (κ3) is 2.15. The maximum Gasteiger partial charge on any atom is 0.250 e. The van der Waals surface area contributed by atoms with Gasteiger partial charge in [-0.2, -0.15) is 0 Å². The van der Waals surface area contributed by atoms with Crippen LogP contribution in [0.2, 0.25) is 0 Å². The van der Waals surface area contributed by atoms with Gasteiger partial charge in [0.2, 0.25) is 5.89 Å². The first-order valence-electron chi connectivity index (χ1n) is 7.05. The first kappa shape index (κ1) is 14.3. The summed E-state index contributed by atoms with van der Waals surface area (Å²) in [6, 6.07) is 7.87. The first-order chi connectivity index (χ1) is 10.5. The molecular formula is C17H17N3O2. The number of aromatic nitrogens is 3. The van der Waals surface area contributed by atoms with Gasteiger partial charge in [-0.1, -0.05) is 17.7 Å². The van der Waals surface area contributed by atoms with Crippen LogP contribution in [0, 0.1) is 20.8 Å². The Hall–Kier alpha value is -2.69. The third-order valence-electron chi connectivity index (χ3n) is 4.08. The lowest BCUT2D eigenvalue weighted by Crippen LogP contribution is -1.93. The van der Waals surface area contributed by atoms with Crippen molar-refractivity contribution in [3.63, 3.8) is 0 Å². The number of hydrogen-bond acceptors (Lipinski definition) is 4. The molecule has 0 spiro atoms. The predicted octanol–water partition coefficient (Wildman–Crippen LogP) is 3.48. The second kappa shape index (κ2) is 5.26. The van der Waals surface area contributed by atoms with E-state index in [1.807, 2.05) is 56.7 Å². The smallest absolute Gasteiger partial charge is 0.250 e. The number of aldehydes is 1. The van der Waals surface area contributed by atoms with E-state index in [0.717, 1.165) is 23.2 Å². The first-order valence-corrected chi connectivity index (χ1v) is 7.05. The molecule has 2 aromatic heterocycles. The van der Waals surface area contributed by atoms with Crippen LogP contribution < -0.4 is 0 Å². The van der Waals surface area contributed by atoms with E-state index in [0.29, 0.717) is 22.9 Å². The Morgan fingerprint density at radius 2 is 1.64 bits per heavy atom. The van der Waals surface area contributed by atoms with Crippen molar-refractivity contribution in [1.82, 2.24) is 14.8 Å². The molecule has 22 heavy (non-hydrogen) atoms. The molecule has 5 heteroatoms. The van der Waals surface area contributed by atoms with E-state index in [1.165, 1.54) is 5.56 Å². The van der Waals surface area contributed by atoms with Gasteiger partial charge in [0.15, 0.2) is 6.29 Å². The number of carbonyl (C=O) groups is 1. The normalized spacial score (nSPS) is 10.9. The number of hydrogen-bond donors (Lipinski definition) is 0. The number of nitrogens with zero attached hydrogens (tertiary/aromatic N) is 3. The molecule has 0 bridgehead atoms. The van der Waals surface area contributed by atoms with E-state index >= 15 is 0 Å². The monoisotopic (exact) mass is 295 g/mol. The molecule has 112 valence electrons. The molecule has 0 atom stereocenters. The van der Waals surface area contributed by atoms with Gasteiger partial charge in [0.05, 0.1) is 5.56 Å². The largest absolute Gasteiger partial charge is 0.416 e. The summed E-state index contributed by atoms with van der Waals surface area (Å²) in [6.07, 6.45) is 0.841. The average Bonchev–Trinajstić information content (AvgIpc) is 3.07. The molecular weight excluding hydrogens is 278 g/mol. The van der Waals surface area contributed by atoms with Crippen molar-refractivity contribution in [2.75, 3.05) is 0 Å². The topological polar surface area (TPSA) is 60.9 Å². The van der Waals surface area contributed by atoms with Crippen LogP contribution in [-0.2, 0) is 7.05 Å². The molecule has 0 aliphatic heterocycles. The van der Waals surface area contributed by atoms with E-state index in [9.17, 15) is 4.79 Å². The summed E-state index contributed by atoms with van der Waals surface area (Å²) >= 11 is 0. The van der Waals surface area contributed by atoms with Crippen LogP contribution in [0.3, 0.4) is 0 Å². The average molecular weight is 295 g/mol. The zero-order chi connectivity index (χ0) is 15.9. The van der Waals surface area contributed by atoms with Crippen LogP contribution in [0.15, 0.2) is 28.7 Å². The lowest BCUT2D eigenvalue weighted by Gasteiger charge is -1.99. The van der Waals surface area contributed by atoms with Gasteiger partial charge in [0.25, 0.3) is 5.89 Å². The summed E-state index contributed by atoms with van der Waals surface area (Å²) in [4.78, 5) is 11.4. The number of carbonyl (C=O) groups excluding carboxylic acids is 1. The highest BCUT2D eigenvalue weighted by Gasteiger charge is 2.21. The van der Waals surface area contributed by atoms with Crippen molar-refractivity contribution in [2.45, 2.75) is 20.8 Å². The molecule has 0 amide bonds. The Labute approximate surface area is 128 Å². The molecule has 0 radical (unpaired) electrons. The predicted molar refractivity (Wildman–Crippen MR) is 83.7 cm³/mol. The SMILES string of the molecule is Cc1ccc(-c2nnc(-c3c(C=O)c(C)n(C)c3C)o2)cc1. The van der Waals surface area contributed by atoms with Crippen LogP contribution in [-0.4, -0.2) is 21.1 Å². The second-order valence-corrected chi connectivity index (χ2v) is 5.41. The van der Waals surface area contributed by atoms with E-state index in [-0.39, 0.29) is 0 Å². The van der Waals surface area contributed by atoms with Gasteiger partial charge in [-0.05, 0) is 32.9 Å². The van der Waals surface area contributed by atoms with Crippen LogP contribution in [0.5, 0.6) is 0 Å². The summed E-state index contributed by atoms with van der Waals surface area (Å²) in [7, 11) is 1.92. The zero-order valence-corrected chi connectivity index (χ0v) is 13.0. The van der Waals surface area contributed by atoms with Gasteiger partial charge in [0.1, 0.15) is 0 Å². The highest BCUT2D eigenvalue weighted by atomic mass is 16.4. The number of aryl methyl sites for hydroxylation is 1. The molecule has 3 rings (SSSR count). The molecule has 0 unspecified atom stereocenters. The van der Waals surface area contributed by atoms with Gasteiger partial charge in [-0.25, -0.2) is 0 Å². The minimum absolute atomic E-state index is 0.374. The van der Waals surface area contributed by atoms with Gasteiger partial charge in [-0.3, -0.25) is 4.79 Å². The van der Waals surface area contributed by atoms with Gasteiger partial charge < -0.3 is 8.98 Å². The molecule has 1 aromatic carbocycles. The molecule has 0 saturated carbocycles. The number of benzene rings is 1. The van der Waals surface area contributed by atoms with Crippen molar-refractivity contribution < 1.29 is 9.21 Å². The van der Waals surface area contributed by atoms with Gasteiger partial charge in [0, 0.05) is 29.6 Å². The maximum absolute atomic E-state index is 11.4.